The van der Waals surface area contributed by atoms with Crippen LogP contribution in [0.4, 0.5) is 0 Å². The van der Waals surface area contributed by atoms with Gasteiger partial charge in [-0.05, 0) is 35.6 Å². The summed E-state index contributed by atoms with van der Waals surface area (Å²) in [5.74, 6) is 0.938. The fraction of sp³-hybridized carbons (Fsp3) is 0.391. The van der Waals surface area contributed by atoms with Gasteiger partial charge in [0.15, 0.2) is 0 Å². The first-order valence-electron chi connectivity index (χ1n) is 9.63. The molecule has 0 amide bonds. The number of fused-ring (bicyclic) bond motifs is 1. The average molecular weight is 380 g/mol. The lowest BCUT2D eigenvalue weighted by Crippen LogP contribution is -2.23. The molecule has 0 atom stereocenters. The Bertz CT molecular complexity index is 1000. The summed E-state index contributed by atoms with van der Waals surface area (Å²) in [6, 6.07) is 13.6. The third-order valence-corrected chi connectivity index (χ3v) is 4.70. The summed E-state index contributed by atoms with van der Waals surface area (Å²) in [4.78, 5) is 16.8. The van der Waals surface area contributed by atoms with Crippen molar-refractivity contribution in [3.05, 3.63) is 70.3 Å². The molecule has 3 aromatic rings. The van der Waals surface area contributed by atoms with Crippen molar-refractivity contribution in [2.45, 2.75) is 39.7 Å². The van der Waals surface area contributed by atoms with Crippen LogP contribution in [0.15, 0.2) is 53.6 Å². The lowest BCUT2D eigenvalue weighted by molar-refractivity contribution is 0.0930. The Labute approximate surface area is 165 Å². The van der Waals surface area contributed by atoms with Crippen LogP contribution in [0.1, 0.15) is 31.9 Å². The topological polar surface area (TPSA) is 53.4 Å². The zero-order chi connectivity index (χ0) is 20.1. The Hall–Kier alpha value is -2.66. The Balaban J connectivity index is 1.52. The lowest BCUT2D eigenvalue weighted by atomic mass is 9.85. The molecule has 0 N–H and O–H groups in total. The van der Waals surface area contributed by atoms with Crippen LogP contribution in [0.5, 0.6) is 5.75 Å². The molecule has 0 bridgehead atoms. The van der Waals surface area contributed by atoms with Gasteiger partial charge >= 0.3 is 0 Å². The molecule has 1 aromatic heterocycles. The summed E-state index contributed by atoms with van der Waals surface area (Å²) in [5.41, 5.74) is 3.01. The van der Waals surface area contributed by atoms with Gasteiger partial charge in [-0.3, -0.25) is 9.36 Å². The normalized spacial score (nSPS) is 11.7. The van der Waals surface area contributed by atoms with E-state index in [9.17, 15) is 4.79 Å². The van der Waals surface area contributed by atoms with Crippen molar-refractivity contribution in [3.63, 3.8) is 0 Å². The van der Waals surface area contributed by atoms with Crippen molar-refractivity contribution in [2.24, 2.45) is 0 Å². The number of hydrogen-bond acceptors (Lipinski definition) is 4. The smallest absolute Gasteiger partial charge is 0.261 e. The quantitative estimate of drug-likeness (QED) is 0.579. The van der Waals surface area contributed by atoms with E-state index in [-0.39, 0.29) is 11.0 Å². The molecule has 0 saturated carbocycles. The van der Waals surface area contributed by atoms with Gasteiger partial charge in [0, 0.05) is 0 Å². The number of hydrogen-bond donors (Lipinski definition) is 0. The highest BCUT2D eigenvalue weighted by atomic mass is 16.5. The van der Waals surface area contributed by atoms with Crippen LogP contribution in [-0.2, 0) is 16.7 Å². The summed E-state index contributed by atoms with van der Waals surface area (Å²) < 4.78 is 13.3. The molecule has 2 aromatic carbocycles. The van der Waals surface area contributed by atoms with E-state index in [0.717, 1.165) is 11.3 Å². The third-order valence-electron chi connectivity index (χ3n) is 4.70. The Morgan fingerprint density at radius 2 is 1.79 bits per heavy atom. The van der Waals surface area contributed by atoms with Crippen molar-refractivity contribution in [1.29, 1.82) is 0 Å². The van der Waals surface area contributed by atoms with Crippen LogP contribution in [0, 0.1) is 6.92 Å². The van der Waals surface area contributed by atoms with Gasteiger partial charge in [-0.2, -0.15) is 0 Å². The first-order chi connectivity index (χ1) is 13.4. The van der Waals surface area contributed by atoms with Crippen molar-refractivity contribution < 1.29 is 9.47 Å². The van der Waals surface area contributed by atoms with Crippen LogP contribution in [0.25, 0.3) is 10.9 Å². The molecule has 1 heterocycles. The molecular formula is C23H28N2O3. The van der Waals surface area contributed by atoms with E-state index in [2.05, 4.69) is 50.9 Å². The average Bonchev–Trinajstić information content (AvgIpc) is 2.66. The maximum Gasteiger partial charge on any atom is 0.261 e. The van der Waals surface area contributed by atoms with Gasteiger partial charge in [-0.25, -0.2) is 4.98 Å². The summed E-state index contributed by atoms with van der Waals surface area (Å²) in [5, 5.41) is 0.627. The van der Waals surface area contributed by atoms with Gasteiger partial charge in [0.25, 0.3) is 5.56 Å². The second kappa shape index (κ2) is 8.57. The Morgan fingerprint density at radius 1 is 1.00 bits per heavy atom. The molecule has 0 spiro atoms. The predicted molar refractivity (Wildman–Crippen MR) is 112 cm³/mol. The summed E-state index contributed by atoms with van der Waals surface area (Å²) in [6.45, 7) is 10.4. The zero-order valence-corrected chi connectivity index (χ0v) is 17.1. The number of nitrogens with zero attached hydrogens (tertiary/aromatic N) is 2. The first-order valence-corrected chi connectivity index (χ1v) is 9.63. The minimum Gasteiger partial charge on any atom is -0.491 e. The van der Waals surface area contributed by atoms with E-state index in [1.807, 2.05) is 18.2 Å². The van der Waals surface area contributed by atoms with E-state index in [4.69, 9.17) is 9.47 Å². The van der Waals surface area contributed by atoms with E-state index in [1.165, 1.54) is 5.56 Å². The highest BCUT2D eigenvalue weighted by molar-refractivity contribution is 5.76. The van der Waals surface area contributed by atoms with Crippen LogP contribution < -0.4 is 10.3 Å². The Morgan fingerprint density at radius 3 is 2.57 bits per heavy atom. The number of ether oxygens (including phenoxy) is 2. The van der Waals surface area contributed by atoms with Gasteiger partial charge in [0.2, 0.25) is 0 Å². The molecule has 0 aliphatic rings. The van der Waals surface area contributed by atoms with Crippen LogP contribution in [-0.4, -0.2) is 29.4 Å². The molecule has 0 saturated heterocycles. The largest absolute Gasteiger partial charge is 0.491 e. The van der Waals surface area contributed by atoms with Crippen molar-refractivity contribution in [1.82, 2.24) is 9.55 Å². The van der Waals surface area contributed by atoms with Crippen molar-refractivity contribution in [2.75, 3.05) is 19.8 Å². The minimum atomic E-state index is -0.0415. The van der Waals surface area contributed by atoms with Crippen LogP contribution in [0.3, 0.4) is 0 Å². The van der Waals surface area contributed by atoms with Gasteiger partial charge in [-0.15, -0.1) is 0 Å². The zero-order valence-electron chi connectivity index (χ0n) is 17.1. The molecule has 0 radical (unpaired) electrons. The molecule has 0 unspecified atom stereocenters. The fourth-order valence-electron chi connectivity index (χ4n) is 3.17. The molecule has 3 rings (SSSR count). The van der Waals surface area contributed by atoms with Crippen molar-refractivity contribution in [3.8, 4) is 5.75 Å². The first kappa shape index (κ1) is 20.1. The molecule has 0 aliphatic heterocycles. The minimum absolute atomic E-state index is 0.0203. The summed E-state index contributed by atoms with van der Waals surface area (Å²) in [6.07, 6.45) is 1.58. The van der Waals surface area contributed by atoms with E-state index in [0.29, 0.717) is 37.3 Å². The van der Waals surface area contributed by atoms with E-state index >= 15 is 0 Å². The van der Waals surface area contributed by atoms with Crippen LogP contribution >= 0.6 is 0 Å². The maximum atomic E-state index is 12.4. The molecular weight excluding hydrogens is 352 g/mol. The fourth-order valence-corrected chi connectivity index (χ4v) is 3.17. The summed E-state index contributed by atoms with van der Waals surface area (Å²) in [7, 11) is 0. The summed E-state index contributed by atoms with van der Waals surface area (Å²) >= 11 is 0. The molecule has 148 valence electrons. The second-order valence-electron chi connectivity index (χ2n) is 7.92. The molecule has 5 nitrogen and oxygen atoms in total. The monoisotopic (exact) mass is 380 g/mol. The standard InChI is InChI=1S/C23H28N2O3/c1-17-8-7-10-19(23(2,3)4)21(17)28-15-14-27-13-12-25-16-24-20-11-6-5-9-18(20)22(25)26/h5-11,16H,12-15H2,1-4H3. The molecule has 28 heavy (non-hydrogen) atoms. The van der Waals surface area contributed by atoms with Gasteiger partial charge in [-0.1, -0.05) is 51.1 Å². The predicted octanol–water partition coefficient (Wildman–Crippen LogP) is 4.10. The molecule has 0 aliphatic carbocycles. The highest BCUT2D eigenvalue weighted by Gasteiger charge is 2.20. The number of aromatic nitrogens is 2. The number of para-hydroxylation sites is 2. The van der Waals surface area contributed by atoms with Crippen molar-refractivity contribution >= 4 is 10.9 Å². The third kappa shape index (κ3) is 4.60. The van der Waals surface area contributed by atoms with E-state index < -0.39 is 0 Å². The molecule has 5 heteroatoms. The lowest BCUT2D eigenvalue weighted by Gasteiger charge is -2.24. The molecule has 0 fully saturated rings. The highest BCUT2D eigenvalue weighted by Crippen LogP contribution is 2.33. The number of aryl methyl sites for hydroxylation is 1. The van der Waals surface area contributed by atoms with Gasteiger partial charge in [0.1, 0.15) is 12.4 Å². The van der Waals surface area contributed by atoms with Crippen LogP contribution in [0.2, 0.25) is 0 Å². The number of benzene rings is 2. The van der Waals surface area contributed by atoms with Gasteiger partial charge in [0.05, 0.1) is 37.0 Å². The maximum absolute atomic E-state index is 12.4. The number of rotatable bonds is 7. The SMILES string of the molecule is Cc1cccc(C(C)(C)C)c1OCCOCCn1cnc2ccccc2c1=O. The van der Waals surface area contributed by atoms with E-state index in [1.54, 1.807) is 17.0 Å². The second-order valence-corrected chi connectivity index (χ2v) is 7.92. The Kier molecular flexibility index (Phi) is 6.15. The van der Waals surface area contributed by atoms with Gasteiger partial charge < -0.3 is 9.47 Å².